The van der Waals surface area contributed by atoms with Crippen LogP contribution >= 0.6 is 22.9 Å². The third-order valence-corrected chi connectivity index (χ3v) is 6.71. The molecule has 0 fully saturated rings. The van der Waals surface area contributed by atoms with Crippen molar-refractivity contribution in [3.63, 3.8) is 0 Å². The summed E-state index contributed by atoms with van der Waals surface area (Å²) in [6.45, 7) is 2.32. The van der Waals surface area contributed by atoms with Crippen LogP contribution in [0.3, 0.4) is 0 Å². The highest BCUT2D eigenvalue weighted by Gasteiger charge is 2.38. The van der Waals surface area contributed by atoms with Crippen LogP contribution < -0.4 is 16.2 Å². The van der Waals surface area contributed by atoms with Crippen LogP contribution in [0.15, 0.2) is 30.3 Å². The Bertz CT molecular complexity index is 1470. The molecule has 0 aliphatic carbocycles. The number of carboxylic acid groups (broad SMARTS) is 1. The highest BCUT2D eigenvalue weighted by atomic mass is 35.5. The molecule has 1 atom stereocenters. The average Bonchev–Trinajstić information content (AvgIpc) is 3.27. The second-order valence-electron chi connectivity index (χ2n) is 8.53. The predicted molar refractivity (Wildman–Crippen MR) is 139 cm³/mol. The van der Waals surface area contributed by atoms with Crippen molar-refractivity contribution in [2.75, 3.05) is 6.79 Å². The van der Waals surface area contributed by atoms with Crippen LogP contribution in [0.5, 0.6) is 5.75 Å². The maximum Gasteiger partial charge on any atom is 0.490 e. The van der Waals surface area contributed by atoms with Gasteiger partial charge in [0, 0.05) is 26.2 Å². The Labute approximate surface area is 242 Å². The van der Waals surface area contributed by atoms with E-state index in [0.29, 0.717) is 10.1 Å². The Hall–Kier alpha value is -4.02. The van der Waals surface area contributed by atoms with E-state index in [4.69, 9.17) is 47.2 Å². The first kappa shape index (κ1) is 34.2. The molecule has 0 bridgehead atoms. The highest BCUT2D eigenvalue weighted by Crippen LogP contribution is 2.37. The molecule has 0 saturated carbocycles. The van der Waals surface area contributed by atoms with Gasteiger partial charge in [-0.2, -0.15) is 13.2 Å². The van der Waals surface area contributed by atoms with Crippen molar-refractivity contribution in [1.29, 1.82) is 0 Å². The summed E-state index contributed by atoms with van der Waals surface area (Å²) in [7, 11) is 0. The van der Waals surface area contributed by atoms with E-state index < -0.39 is 66.8 Å². The van der Waals surface area contributed by atoms with Crippen LogP contribution in [0, 0.1) is 17.6 Å². The number of aliphatic carboxylic acids is 1. The summed E-state index contributed by atoms with van der Waals surface area (Å²) in [5.74, 6) is -8.61. The molecule has 1 amide bonds. The van der Waals surface area contributed by atoms with Gasteiger partial charge in [0.25, 0.3) is 0 Å². The Kier molecular flexibility index (Phi) is 11.6. The van der Waals surface area contributed by atoms with Gasteiger partial charge in [0.2, 0.25) is 12.7 Å². The van der Waals surface area contributed by atoms with Crippen molar-refractivity contribution in [3.05, 3.63) is 63.0 Å². The lowest BCUT2D eigenvalue weighted by Gasteiger charge is -2.14. The number of hydrogen-bond donors (Lipinski definition) is 3. The van der Waals surface area contributed by atoms with Gasteiger partial charge < -0.3 is 30.8 Å². The first-order valence-corrected chi connectivity index (χ1v) is 12.7. The molecule has 0 spiro atoms. The molecule has 10 nitrogen and oxygen atoms in total. The molecule has 42 heavy (non-hydrogen) atoms. The zero-order valence-electron chi connectivity index (χ0n) is 21.6. The number of carbonyl (C=O) groups excluding carboxylic acids is 3. The van der Waals surface area contributed by atoms with E-state index in [0.717, 1.165) is 23.5 Å². The number of esters is 2. The zero-order valence-corrected chi connectivity index (χ0v) is 23.2. The summed E-state index contributed by atoms with van der Waals surface area (Å²) in [6, 6.07) is 5.53. The minimum absolute atomic E-state index is 0.0341. The normalized spacial score (nSPS) is 11.9. The predicted octanol–water partition coefficient (Wildman–Crippen LogP) is 4.78. The van der Waals surface area contributed by atoms with Gasteiger partial charge in [-0.05, 0) is 30.2 Å². The van der Waals surface area contributed by atoms with Crippen LogP contribution in [-0.2, 0) is 25.7 Å². The number of fused-ring (bicyclic) bond motifs is 1. The molecule has 2 aromatic carbocycles. The number of thiophene rings is 1. The van der Waals surface area contributed by atoms with Crippen molar-refractivity contribution < 1.29 is 60.4 Å². The largest absolute Gasteiger partial charge is 0.490 e. The number of amides is 1. The Morgan fingerprint density at radius 1 is 1.07 bits per heavy atom. The topological polar surface area (TPSA) is 168 Å². The number of benzene rings is 2. The fraction of sp³-hybridized carbons (Fsp3) is 0.280. The van der Waals surface area contributed by atoms with Crippen molar-refractivity contribution >= 4 is 56.8 Å². The van der Waals surface area contributed by atoms with Crippen molar-refractivity contribution in [2.24, 2.45) is 17.4 Å². The van der Waals surface area contributed by atoms with E-state index in [1.54, 1.807) is 32.0 Å². The first-order chi connectivity index (χ1) is 19.4. The molecule has 1 unspecified atom stereocenters. The van der Waals surface area contributed by atoms with Crippen LogP contribution in [0.1, 0.15) is 39.4 Å². The van der Waals surface area contributed by atoms with Gasteiger partial charge in [-0.25, -0.2) is 18.4 Å². The summed E-state index contributed by atoms with van der Waals surface area (Å²) in [5.41, 5.74) is 10.6. The van der Waals surface area contributed by atoms with Crippen LogP contribution in [0.2, 0.25) is 5.02 Å². The van der Waals surface area contributed by atoms with Gasteiger partial charge >= 0.3 is 24.1 Å². The molecule has 3 aromatic rings. The second-order valence-corrected chi connectivity index (χ2v) is 9.99. The van der Waals surface area contributed by atoms with Gasteiger partial charge in [0.05, 0.1) is 0 Å². The Morgan fingerprint density at radius 2 is 1.64 bits per heavy atom. The number of hydrogen-bond acceptors (Lipinski definition) is 9. The fourth-order valence-corrected chi connectivity index (χ4v) is 4.50. The van der Waals surface area contributed by atoms with Gasteiger partial charge in [-0.3, -0.25) is 9.59 Å². The number of halogens is 6. The summed E-state index contributed by atoms with van der Waals surface area (Å²) < 4.78 is 76.3. The van der Waals surface area contributed by atoms with Gasteiger partial charge in [-0.1, -0.05) is 31.5 Å². The summed E-state index contributed by atoms with van der Waals surface area (Å²) >= 11 is 7.32. The minimum Gasteiger partial charge on any atom is -0.483 e. The van der Waals surface area contributed by atoms with Crippen LogP contribution in [-0.4, -0.2) is 47.9 Å². The minimum atomic E-state index is -5.08. The monoisotopic (exact) mass is 640 g/mol. The lowest BCUT2D eigenvalue weighted by atomic mass is 10.1. The smallest absolute Gasteiger partial charge is 0.483 e. The second kappa shape index (κ2) is 14.2. The molecule has 0 aliphatic heterocycles. The third-order valence-electron chi connectivity index (χ3n) is 5.22. The number of ether oxygens (including phenoxy) is 3. The number of rotatable bonds is 9. The quantitative estimate of drug-likeness (QED) is 0.169. The maximum atomic E-state index is 14.4. The Balaban J connectivity index is 0.000000782. The van der Waals surface area contributed by atoms with E-state index in [2.05, 4.69) is 0 Å². The number of alkyl halides is 3. The molecule has 0 radical (unpaired) electrons. The number of carbonyl (C=O) groups is 4. The molecule has 5 N–H and O–H groups in total. The highest BCUT2D eigenvalue weighted by molar-refractivity contribution is 7.21. The average molecular weight is 641 g/mol. The summed E-state index contributed by atoms with van der Waals surface area (Å²) in [4.78, 5) is 44.8. The molecule has 3 rings (SSSR count). The lowest BCUT2D eigenvalue weighted by molar-refractivity contribution is -0.192. The van der Waals surface area contributed by atoms with E-state index >= 15 is 0 Å². The van der Waals surface area contributed by atoms with E-state index in [-0.39, 0.29) is 26.9 Å². The summed E-state index contributed by atoms with van der Waals surface area (Å²) in [6.07, 6.45) is -5.08. The van der Waals surface area contributed by atoms with Crippen molar-refractivity contribution in [2.45, 2.75) is 32.7 Å². The number of carboxylic acids is 1. The lowest BCUT2D eigenvalue weighted by Crippen LogP contribution is -2.37. The number of nitrogens with two attached hydrogens (primary N) is 2. The van der Waals surface area contributed by atoms with Gasteiger partial charge in [0.15, 0.2) is 17.4 Å². The van der Waals surface area contributed by atoms with E-state index in [9.17, 15) is 36.3 Å². The summed E-state index contributed by atoms with van der Waals surface area (Å²) in [5, 5.41) is 7.83. The standard InChI is InChI=1S/C23H21ClF2N2O6S.C2HF3O2/c1-10(2)18(27)22(30)33-9-34-23(31)20-12(17-13(24)4-3-5-16(17)35-20)8-32-19-14(25)6-11(21(28)29)7-15(19)26;3-2(4,5)1(6)7/h3-7,10,18H,8-9,27H2,1-2H3,(H2,28,29);(H,6,7). The number of primary amides is 1. The molecule has 228 valence electrons. The molecule has 17 heteroatoms. The first-order valence-electron chi connectivity index (χ1n) is 11.5. The van der Waals surface area contributed by atoms with Crippen molar-refractivity contribution in [3.8, 4) is 5.75 Å². The maximum absolute atomic E-state index is 14.4. The van der Waals surface area contributed by atoms with Crippen LogP contribution in [0.25, 0.3) is 10.1 Å². The van der Waals surface area contributed by atoms with Gasteiger partial charge in [-0.15, -0.1) is 11.3 Å². The third kappa shape index (κ3) is 8.74. The molecule has 0 saturated heterocycles. The van der Waals surface area contributed by atoms with Gasteiger partial charge in [0.1, 0.15) is 17.5 Å². The van der Waals surface area contributed by atoms with E-state index in [1.165, 1.54) is 0 Å². The van der Waals surface area contributed by atoms with E-state index in [1.807, 2.05) is 0 Å². The molecular formula is C25H22ClF5N2O8S. The molecule has 0 aliphatic rings. The van der Waals surface area contributed by atoms with Crippen LogP contribution in [0.4, 0.5) is 22.0 Å². The molecule has 1 heterocycles. The fourth-order valence-electron chi connectivity index (χ4n) is 3.03. The molecule has 1 aromatic heterocycles. The SMILES string of the molecule is CC(C)C(N)C(=O)OCOC(=O)c1sc2cccc(Cl)c2c1COc1c(F)cc(C(N)=O)cc1F.O=C(O)C(F)(F)F. The zero-order chi connectivity index (χ0) is 31.9. The Morgan fingerprint density at radius 3 is 2.14 bits per heavy atom. The van der Waals surface area contributed by atoms with Crippen molar-refractivity contribution in [1.82, 2.24) is 0 Å². The molecular weight excluding hydrogens is 619 g/mol.